The monoisotopic (exact) mass is 259 g/mol. The number of benzene rings is 1. The smallest absolute Gasteiger partial charge is 0.123 e. The molecule has 0 aromatic heterocycles. The summed E-state index contributed by atoms with van der Waals surface area (Å²) in [6.45, 7) is 4.08. The molecular formula is C12H18ClNO3. The number of methoxy groups -OCH3 is 1. The van der Waals surface area contributed by atoms with Crippen molar-refractivity contribution < 1.29 is 14.2 Å². The minimum atomic E-state index is 0.477. The number of anilines is 1. The zero-order valence-corrected chi connectivity index (χ0v) is 10.9. The van der Waals surface area contributed by atoms with Gasteiger partial charge in [-0.05, 0) is 18.6 Å². The third-order valence-corrected chi connectivity index (χ3v) is 2.54. The van der Waals surface area contributed by atoms with Crippen LogP contribution in [0.4, 0.5) is 5.69 Å². The lowest BCUT2D eigenvalue weighted by molar-refractivity contribution is 0.0543. The highest BCUT2D eigenvalue weighted by atomic mass is 35.5. The fourth-order valence-corrected chi connectivity index (χ4v) is 1.45. The van der Waals surface area contributed by atoms with Crippen LogP contribution in [0.3, 0.4) is 0 Å². The second-order valence-electron chi connectivity index (χ2n) is 3.59. The van der Waals surface area contributed by atoms with Crippen LogP contribution in [0.1, 0.15) is 5.56 Å². The first-order valence-electron chi connectivity index (χ1n) is 5.40. The van der Waals surface area contributed by atoms with Gasteiger partial charge in [0.15, 0.2) is 0 Å². The van der Waals surface area contributed by atoms with Gasteiger partial charge in [-0.25, -0.2) is 0 Å². The van der Waals surface area contributed by atoms with E-state index in [2.05, 4.69) is 0 Å². The number of nitrogen functional groups attached to an aromatic ring is 1. The van der Waals surface area contributed by atoms with Gasteiger partial charge in [-0.15, -0.1) is 0 Å². The van der Waals surface area contributed by atoms with Crippen molar-refractivity contribution >= 4 is 17.3 Å². The van der Waals surface area contributed by atoms with Crippen molar-refractivity contribution in [1.82, 2.24) is 0 Å². The summed E-state index contributed by atoms with van der Waals surface area (Å²) in [5.74, 6) is 0.736. The van der Waals surface area contributed by atoms with Crippen molar-refractivity contribution in [2.75, 3.05) is 39.3 Å². The Labute approximate surface area is 107 Å². The number of ether oxygens (including phenoxy) is 3. The first-order chi connectivity index (χ1) is 8.15. The molecule has 1 rings (SSSR count). The number of halogens is 1. The number of nitrogens with two attached hydrogens (primary N) is 1. The Hall–Kier alpha value is -0.970. The summed E-state index contributed by atoms with van der Waals surface area (Å²) in [5.41, 5.74) is 7.20. The Kier molecular flexibility index (Phi) is 6.11. The maximum atomic E-state index is 5.91. The van der Waals surface area contributed by atoms with Crippen LogP contribution in [-0.2, 0) is 9.47 Å². The number of rotatable bonds is 7. The molecule has 0 aliphatic heterocycles. The van der Waals surface area contributed by atoms with Crippen LogP contribution in [0.15, 0.2) is 12.1 Å². The molecule has 0 bridgehead atoms. The van der Waals surface area contributed by atoms with Crippen LogP contribution in [0.5, 0.6) is 5.75 Å². The van der Waals surface area contributed by atoms with Crippen LogP contribution in [0, 0.1) is 6.92 Å². The average Bonchev–Trinajstić information content (AvgIpc) is 2.30. The highest BCUT2D eigenvalue weighted by Gasteiger charge is 2.04. The van der Waals surface area contributed by atoms with E-state index < -0.39 is 0 Å². The van der Waals surface area contributed by atoms with Crippen molar-refractivity contribution in [2.45, 2.75) is 6.92 Å². The summed E-state index contributed by atoms with van der Waals surface area (Å²) >= 11 is 5.91. The molecule has 0 heterocycles. The van der Waals surface area contributed by atoms with Gasteiger partial charge in [-0.2, -0.15) is 0 Å². The van der Waals surface area contributed by atoms with E-state index in [1.165, 1.54) is 0 Å². The van der Waals surface area contributed by atoms with E-state index in [-0.39, 0.29) is 0 Å². The largest absolute Gasteiger partial charge is 0.491 e. The highest BCUT2D eigenvalue weighted by molar-refractivity contribution is 6.33. The van der Waals surface area contributed by atoms with Gasteiger partial charge in [0.25, 0.3) is 0 Å². The first kappa shape index (κ1) is 14.1. The lowest BCUT2D eigenvalue weighted by atomic mass is 10.2. The van der Waals surface area contributed by atoms with E-state index in [1.54, 1.807) is 19.2 Å². The van der Waals surface area contributed by atoms with Gasteiger partial charge in [0.1, 0.15) is 12.4 Å². The van der Waals surface area contributed by atoms with E-state index in [9.17, 15) is 0 Å². The van der Waals surface area contributed by atoms with Gasteiger partial charge in [0, 0.05) is 13.2 Å². The van der Waals surface area contributed by atoms with Crippen molar-refractivity contribution in [2.24, 2.45) is 0 Å². The molecule has 17 heavy (non-hydrogen) atoms. The number of aryl methyl sites for hydroxylation is 1. The van der Waals surface area contributed by atoms with Crippen molar-refractivity contribution in [3.05, 3.63) is 22.7 Å². The molecule has 0 aliphatic rings. The van der Waals surface area contributed by atoms with Gasteiger partial charge in [0.05, 0.1) is 30.5 Å². The first-order valence-corrected chi connectivity index (χ1v) is 5.78. The topological polar surface area (TPSA) is 53.7 Å². The predicted molar refractivity (Wildman–Crippen MR) is 68.8 cm³/mol. The average molecular weight is 260 g/mol. The van der Waals surface area contributed by atoms with Crippen LogP contribution >= 0.6 is 11.6 Å². The molecule has 0 fully saturated rings. The summed E-state index contributed by atoms with van der Waals surface area (Å²) in [6.07, 6.45) is 0. The fraction of sp³-hybridized carbons (Fsp3) is 0.500. The molecule has 0 atom stereocenters. The SMILES string of the molecule is COCCOCCOc1cc(Cl)c(N)cc1C. The van der Waals surface area contributed by atoms with Crippen LogP contribution in [0.2, 0.25) is 5.02 Å². The molecule has 0 aliphatic carbocycles. The minimum absolute atomic E-state index is 0.477. The molecule has 2 N–H and O–H groups in total. The lowest BCUT2D eigenvalue weighted by Crippen LogP contribution is -2.10. The third kappa shape index (κ3) is 4.81. The van der Waals surface area contributed by atoms with E-state index in [4.69, 9.17) is 31.5 Å². The Morgan fingerprint density at radius 3 is 2.59 bits per heavy atom. The summed E-state index contributed by atoms with van der Waals surface area (Å²) in [7, 11) is 1.64. The summed E-state index contributed by atoms with van der Waals surface area (Å²) in [4.78, 5) is 0. The molecule has 0 unspecified atom stereocenters. The Bertz CT molecular complexity index is 358. The molecule has 5 heteroatoms. The third-order valence-electron chi connectivity index (χ3n) is 2.21. The van der Waals surface area contributed by atoms with Gasteiger partial charge in [-0.1, -0.05) is 11.6 Å². The molecule has 0 radical (unpaired) electrons. The van der Waals surface area contributed by atoms with E-state index >= 15 is 0 Å². The van der Waals surface area contributed by atoms with Gasteiger partial charge >= 0.3 is 0 Å². The molecular weight excluding hydrogens is 242 g/mol. The Morgan fingerprint density at radius 2 is 1.88 bits per heavy atom. The van der Waals surface area contributed by atoms with Crippen LogP contribution < -0.4 is 10.5 Å². The van der Waals surface area contributed by atoms with Crippen molar-refractivity contribution in [1.29, 1.82) is 0 Å². The summed E-state index contributed by atoms with van der Waals surface area (Å²) in [6, 6.07) is 3.52. The normalized spacial score (nSPS) is 10.5. The molecule has 96 valence electrons. The van der Waals surface area contributed by atoms with Gasteiger partial charge < -0.3 is 19.9 Å². The zero-order chi connectivity index (χ0) is 12.7. The van der Waals surface area contributed by atoms with E-state index in [1.807, 2.05) is 6.92 Å². The number of hydrogen-bond donors (Lipinski definition) is 1. The summed E-state index contributed by atoms with van der Waals surface area (Å²) in [5, 5.41) is 0.505. The predicted octanol–water partition coefficient (Wildman–Crippen LogP) is 2.27. The van der Waals surface area contributed by atoms with E-state index in [0.29, 0.717) is 37.1 Å². The maximum absolute atomic E-state index is 5.91. The summed E-state index contributed by atoms with van der Waals surface area (Å²) < 4.78 is 15.7. The van der Waals surface area contributed by atoms with Crippen molar-refractivity contribution in [3.63, 3.8) is 0 Å². The second kappa shape index (κ2) is 7.37. The molecule has 0 amide bonds. The lowest BCUT2D eigenvalue weighted by Gasteiger charge is -2.11. The quantitative estimate of drug-likeness (QED) is 0.603. The van der Waals surface area contributed by atoms with Crippen molar-refractivity contribution in [3.8, 4) is 5.75 Å². The minimum Gasteiger partial charge on any atom is -0.491 e. The molecule has 1 aromatic carbocycles. The Morgan fingerprint density at radius 1 is 1.18 bits per heavy atom. The molecule has 0 saturated carbocycles. The fourth-order valence-electron chi connectivity index (χ4n) is 1.30. The zero-order valence-electron chi connectivity index (χ0n) is 10.2. The number of hydrogen-bond acceptors (Lipinski definition) is 4. The van der Waals surface area contributed by atoms with Gasteiger partial charge in [-0.3, -0.25) is 0 Å². The molecule has 0 saturated heterocycles. The maximum Gasteiger partial charge on any atom is 0.123 e. The second-order valence-corrected chi connectivity index (χ2v) is 4.00. The Balaban J connectivity index is 2.34. The molecule has 4 nitrogen and oxygen atoms in total. The van der Waals surface area contributed by atoms with Gasteiger partial charge in [0.2, 0.25) is 0 Å². The van der Waals surface area contributed by atoms with Crippen LogP contribution in [-0.4, -0.2) is 33.5 Å². The molecule has 0 spiro atoms. The standard InChI is InChI=1S/C12H18ClNO3/c1-9-7-11(14)10(13)8-12(9)17-6-5-16-4-3-15-2/h7-8H,3-6,14H2,1-2H3. The van der Waals surface area contributed by atoms with Crippen LogP contribution in [0.25, 0.3) is 0 Å². The molecule has 1 aromatic rings. The highest BCUT2D eigenvalue weighted by Crippen LogP contribution is 2.28. The van der Waals surface area contributed by atoms with E-state index in [0.717, 1.165) is 11.3 Å².